The molecule has 0 saturated heterocycles. The molecule has 94 valence electrons. The van der Waals surface area contributed by atoms with Gasteiger partial charge in [-0.3, -0.25) is 0 Å². The molecule has 0 bridgehead atoms. The Morgan fingerprint density at radius 2 is 1.31 bits per heavy atom. The van der Waals surface area contributed by atoms with Crippen LogP contribution in [0.15, 0.2) is 11.6 Å². The predicted molar refractivity (Wildman–Crippen MR) is 37.3 cm³/mol. The van der Waals surface area contributed by atoms with E-state index in [-0.39, 0.29) is 0 Å². The molecular formula is C7H5F7O2. The molecule has 0 aromatic rings. The monoisotopic (exact) mass is 254 g/mol. The molecule has 0 spiro atoms. The Bertz CT molecular complexity index is 298. The van der Waals surface area contributed by atoms with Crippen LogP contribution in [-0.4, -0.2) is 29.1 Å². The van der Waals surface area contributed by atoms with Gasteiger partial charge in [-0.2, -0.15) is 26.3 Å². The molecule has 0 aliphatic heterocycles. The lowest BCUT2D eigenvalue weighted by Crippen LogP contribution is -2.52. The zero-order valence-electron chi connectivity index (χ0n) is 7.58. The summed E-state index contributed by atoms with van der Waals surface area (Å²) in [5.41, 5.74) is -7.06. The standard InChI is InChI=1S/C7H5F7O2/c1-3(4(15)16)2-5(8,6(9,10)11)7(12,13)14/h2H,1H3,(H,15,16). The summed E-state index contributed by atoms with van der Waals surface area (Å²) < 4.78 is 84.2. The molecule has 0 unspecified atom stereocenters. The van der Waals surface area contributed by atoms with Crippen LogP contribution < -0.4 is 0 Å². The first-order chi connectivity index (χ1) is 6.83. The Morgan fingerprint density at radius 3 is 1.50 bits per heavy atom. The lowest BCUT2D eigenvalue weighted by molar-refractivity contribution is -0.322. The molecule has 0 amide bonds. The summed E-state index contributed by atoms with van der Waals surface area (Å²) in [5.74, 6) is -2.07. The molecular weight excluding hydrogens is 249 g/mol. The molecule has 0 saturated carbocycles. The van der Waals surface area contributed by atoms with Crippen LogP contribution in [-0.2, 0) is 4.79 Å². The van der Waals surface area contributed by atoms with Crippen molar-refractivity contribution in [1.82, 2.24) is 0 Å². The lowest BCUT2D eigenvalue weighted by Gasteiger charge is -2.27. The summed E-state index contributed by atoms with van der Waals surface area (Å²) in [5, 5.41) is 8.11. The second-order valence-corrected chi connectivity index (χ2v) is 2.84. The van der Waals surface area contributed by atoms with E-state index in [0.717, 1.165) is 0 Å². The highest BCUT2D eigenvalue weighted by atomic mass is 19.4. The minimum absolute atomic E-state index is 0.425. The Labute approximate surface area is 84.4 Å². The number of allylic oxidation sites excluding steroid dienone is 1. The van der Waals surface area contributed by atoms with E-state index in [1.807, 2.05) is 0 Å². The van der Waals surface area contributed by atoms with Gasteiger partial charge in [0.15, 0.2) is 0 Å². The van der Waals surface area contributed by atoms with Crippen molar-refractivity contribution in [3.63, 3.8) is 0 Å². The zero-order chi connectivity index (χ0) is 13.4. The van der Waals surface area contributed by atoms with Gasteiger partial charge >= 0.3 is 24.0 Å². The average Bonchev–Trinajstić information content (AvgIpc) is 1.99. The summed E-state index contributed by atoms with van der Waals surface area (Å²) in [6.45, 7) is 0.425. The molecule has 0 atom stereocenters. The molecule has 2 nitrogen and oxygen atoms in total. The van der Waals surface area contributed by atoms with E-state index in [1.165, 1.54) is 0 Å². The second kappa shape index (κ2) is 3.95. The smallest absolute Gasteiger partial charge is 0.435 e. The van der Waals surface area contributed by atoms with Crippen LogP contribution in [0.2, 0.25) is 0 Å². The van der Waals surface area contributed by atoms with Gasteiger partial charge in [0, 0.05) is 5.57 Å². The van der Waals surface area contributed by atoms with E-state index in [0.29, 0.717) is 6.92 Å². The van der Waals surface area contributed by atoms with E-state index >= 15 is 0 Å². The minimum Gasteiger partial charge on any atom is -0.478 e. The minimum atomic E-state index is -6.28. The third kappa shape index (κ3) is 2.64. The molecule has 0 aromatic heterocycles. The molecule has 1 N–H and O–H groups in total. The van der Waals surface area contributed by atoms with Crippen molar-refractivity contribution in [1.29, 1.82) is 0 Å². The summed E-state index contributed by atoms with van der Waals surface area (Å²) >= 11 is 0. The summed E-state index contributed by atoms with van der Waals surface area (Å²) in [6, 6.07) is 0. The fraction of sp³-hybridized carbons (Fsp3) is 0.571. The number of carboxylic acids is 1. The Balaban J connectivity index is 5.64. The van der Waals surface area contributed by atoms with Crippen molar-refractivity contribution in [2.24, 2.45) is 0 Å². The van der Waals surface area contributed by atoms with Gasteiger partial charge in [0.25, 0.3) is 0 Å². The van der Waals surface area contributed by atoms with Crippen LogP contribution in [0.25, 0.3) is 0 Å². The van der Waals surface area contributed by atoms with Gasteiger partial charge in [0.2, 0.25) is 0 Å². The van der Waals surface area contributed by atoms with Crippen molar-refractivity contribution < 1.29 is 40.6 Å². The Morgan fingerprint density at radius 1 is 1.00 bits per heavy atom. The highest BCUT2D eigenvalue weighted by Gasteiger charge is 2.71. The van der Waals surface area contributed by atoms with Gasteiger partial charge in [-0.25, -0.2) is 9.18 Å². The highest BCUT2D eigenvalue weighted by Crippen LogP contribution is 2.47. The van der Waals surface area contributed by atoms with Gasteiger partial charge in [-0.1, -0.05) is 0 Å². The SMILES string of the molecule is CC(=CC(F)(C(F)(F)F)C(F)(F)F)C(=O)O. The van der Waals surface area contributed by atoms with Crippen LogP contribution in [0.1, 0.15) is 6.92 Å². The molecule has 0 radical (unpaired) electrons. The van der Waals surface area contributed by atoms with E-state index < -0.39 is 35.6 Å². The fourth-order valence-electron chi connectivity index (χ4n) is 0.684. The third-order valence-electron chi connectivity index (χ3n) is 1.58. The zero-order valence-corrected chi connectivity index (χ0v) is 7.58. The Kier molecular flexibility index (Phi) is 3.63. The number of aliphatic carboxylic acids is 1. The van der Waals surface area contributed by atoms with Crippen molar-refractivity contribution in [3.8, 4) is 0 Å². The number of rotatable bonds is 2. The maximum Gasteiger partial charge on any atom is 0.435 e. The number of carboxylic acid groups (broad SMARTS) is 1. The first kappa shape index (κ1) is 14.7. The molecule has 0 fully saturated rings. The van der Waals surface area contributed by atoms with Crippen LogP contribution in [0.5, 0.6) is 0 Å². The number of hydrogen-bond donors (Lipinski definition) is 1. The summed E-state index contributed by atoms with van der Waals surface area (Å²) in [7, 11) is 0. The van der Waals surface area contributed by atoms with Gasteiger partial charge in [-0.15, -0.1) is 0 Å². The maximum absolute atomic E-state index is 12.8. The largest absolute Gasteiger partial charge is 0.478 e. The summed E-state index contributed by atoms with van der Waals surface area (Å²) in [6.07, 6.45) is -13.6. The molecule has 0 aliphatic carbocycles. The lowest BCUT2D eigenvalue weighted by atomic mass is 10.0. The molecule has 0 rings (SSSR count). The normalized spacial score (nSPS) is 15.1. The molecule has 16 heavy (non-hydrogen) atoms. The number of halogens is 7. The van der Waals surface area contributed by atoms with E-state index in [9.17, 15) is 35.5 Å². The van der Waals surface area contributed by atoms with Gasteiger partial charge in [0.1, 0.15) is 0 Å². The third-order valence-corrected chi connectivity index (χ3v) is 1.58. The number of alkyl halides is 7. The molecule has 0 aliphatic rings. The molecule has 0 heterocycles. The Hall–Kier alpha value is -1.28. The average molecular weight is 254 g/mol. The van der Waals surface area contributed by atoms with Crippen LogP contribution in [0.3, 0.4) is 0 Å². The first-order valence-electron chi connectivity index (χ1n) is 3.58. The predicted octanol–water partition coefficient (Wildman–Crippen LogP) is 2.85. The van der Waals surface area contributed by atoms with Crippen LogP contribution >= 0.6 is 0 Å². The second-order valence-electron chi connectivity index (χ2n) is 2.84. The molecule has 9 heteroatoms. The summed E-state index contributed by atoms with van der Waals surface area (Å²) in [4.78, 5) is 10.1. The van der Waals surface area contributed by atoms with E-state index in [2.05, 4.69) is 0 Å². The molecule has 0 aromatic carbocycles. The van der Waals surface area contributed by atoms with Gasteiger partial charge < -0.3 is 5.11 Å². The quantitative estimate of drug-likeness (QED) is 0.607. The topological polar surface area (TPSA) is 37.3 Å². The van der Waals surface area contributed by atoms with Crippen LogP contribution in [0.4, 0.5) is 30.7 Å². The maximum atomic E-state index is 12.8. The fourth-order valence-corrected chi connectivity index (χ4v) is 0.684. The van der Waals surface area contributed by atoms with Crippen molar-refractivity contribution >= 4 is 5.97 Å². The van der Waals surface area contributed by atoms with Gasteiger partial charge in [0.05, 0.1) is 0 Å². The number of carbonyl (C=O) groups is 1. The number of hydrogen-bond acceptors (Lipinski definition) is 1. The van der Waals surface area contributed by atoms with Crippen LogP contribution in [0, 0.1) is 0 Å². The highest BCUT2D eigenvalue weighted by molar-refractivity contribution is 5.86. The van der Waals surface area contributed by atoms with E-state index in [1.54, 1.807) is 0 Å². The first-order valence-corrected chi connectivity index (χ1v) is 3.58. The van der Waals surface area contributed by atoms with E-state index in [4.69, 9.17) is 5.11 Å². The van der Waals surface area contributed by atoms with Crippen molar-refractivity contribution in [3.05, 3.63) is 11.6 Å². The van der Waals surface area contributed by atoms with Crippen molar-refractivity contribution in [2.45, 2.75) is 24.9 Å². The van der Waals surface area contributed by atoms with Crippen molar-refractivity contribution in [2.75, 3.05) is 0 Å². The van der Waals surface area contributed by atoms with Gasteiger partial charge in [-0.05, 0) is 13.0 Å².